The molecular formula is C8H4Cl3NOS. The van der Waals surface area contributed by atoms with Crippen molar-refractivity contribution in [3.63, 3.8) is 0 Å². The predicted octanol–water partition coefficient (Wildman–Crippen LogP) is 3.60. The minimum absolute atomic E-state index is 0.234. The summed E-state index contributed by atoms with van der Waals surface area (Å²) >= 11 is 18.6. The maximum Gasteiger partial charge on any atom is 0.253 e. The van der Waals surface area contributed by atoms with Gasteiger partial charge in [-0.25, -0.2) is 0 Å². The third-order valence-corrected chi connectivity index (χ3v) is 3.92. The average Bonchev–Trinajstić information content (AvgIpc) is 2.11. The lowest BCUT2D eigenvalue weighted by Gasteiger charge is -2.20. The smallest absolute Gasteiger partial charge is 0.253 e. The molecule has 1 aliphatic heterocycles. The number of alkyl halides is 1. The van der Waals surface area contributed by atoms with E-state index in [2.05, 4.69) is 5.32 Å². The molecule has 1 atom stereocenters. The SMILES string of the molecule is O=C1Nc2cc(Cl)c(Cl)cc2SC1Cl. The molecule has 14 heavy (non-hydrogen) atoms. The number of halogens is 3. The molecule has 2 nitrogen and oxygen atoms in total. The Morgan fingerprint density at radius 2 is 1.93 bits per heavy atom. The number of fused-ring (bicyclic) bond motifs is 1. The van der Waals surface area contributed by atoms with Crippen LogP contribution in [0.3, 0.4) is 0 Å². The van der Waals surface area contributed by atoms with Crippen LogP contribution in [0, 0.1) is 0 Å². The van der Waals surface area contributed by atoms with Crippen LogP contribution in [0.4, 0.5) is 5.69 Å². The van der Waals surface area contributed by atoms with Gasteiger partial charge in [-0.1, -0.05) is 46.6 Å². The summed E-state index contributed by atoms with van der Waals surface area (Å²) < 4.78 is -0.611. The zero-order valence-corrected chi connectivity index (χ0v) is 9.77. The van der Waals surface area contributed by atoms with Gasteiger partial charge in [-0.2, -0.15) is 0 Å². The molecule has 0 aromatic heterocycles. The van der Waals surface area contributed by atoms with Crippen LogP contribution in [0.5, 0.6) is 0 Å². The van der Waals surface area contributed by atoms with E-state index in [0.717, 1.165) is 4.90 Å². The maximum absolute atomic E-state index is 11.2. The highest BCUT2D eigenvalue weighted by Crippen LogP contribution is 2.41. The lowest BCUT2D eigenvalue weighted by atomic mass is 10.3. The molecule has 0 bridgehead atoms. The number of amides is 1. The van der Waals surface area contributed by atoms with Gasteiger partial charge in [0.05, 0.1) is 15.7 Å². The summed E-state index contributed by atoms with van der Waals surface area (Å²) in [7, 11) is 0. The number of carbonyl (C=O) groups is 1. The van der Waals surface area contributed by atoms with Gasteiger partial charge in [0.25, 0.3) is 5.91 Å². The summed E-state index contributed by atoms with van der Waals surface area (Å²) in [4.78, 5) is 12.0. The normalized spacial score (nSPS) is 20.2. The maximum atomic E-state index is 11.2. The Morgan fingerprint density at radius 1 is 1.29 bits per heavy atom. The highest BCUT2D eigenvalue weighted by molar-refractivity contribution is 8.02. The average molecular weight is 269 g/mol. The Hall–Kier alpha value is -0.0900. The molecule has 6 heteroatoms. The summed E-state index contributed by atoms with van der Waals surface area (Å²) in [6.45, 7) is 0. The zero-order valence-electron chi connectivity index (χ0n) is 6.68. The van der Waals surface area contributed by atoms with Gasteiger partial charge < -0.3 is 5.32 Å². The quantitative estimate of drug-likeness (QED) is 0.728. The lowest BCUT2D eigenvalue weighted by molar-refractivity contribution is -0.114. The number of carbonyl (C=O) groups excluding carboxylic acids is 1. The van der Waals surface area contributed by atoms with Crippen LogP contribution in [0.15, 0.2) is 17.0 Å². The molecule has 1 aliphatic rings. The molecule has 1 aromatic rings. The number of hydrogen-bond acceptors (Lipinski definition) is 2. The highest BCUT2D eigenvalue weighted by atomic mass is 35.5. The van der Waals surface area contributed by atoms with Crippen molar-refractivity contribution in [2.75, 3.05) is 5.32 Å². The van der Waals surface area contributed by atoms with Gasteiger partial charge in [-0.05, 0) is 12.1 Å². The number of hydrogen-bond donors (Lipinski definition) is 1. The monoisotopic (exact) mass is 267 g/mol. The van der Waals surface area contributed by atoms with Crippen molar-refractivity contribution in [3.8, 4) is 0 Å². The van der Waals surface area contributed by atoms with E-state index < -0.39 is 4.71 Å². The molecule has 0 fully saturated rings. The second-order valence-corrected chi connectivity index (χ2v) is 5.34. The van der Waals surface area contributed by atoms with Gasteiger partial charge in [-0.15, -0.1) is 0 Å². The van der Waals surface area contributed by atoms with Crippen molar-refractivity contribution < 1.29 is 4.79 Å². The molecule has 1 heterocycles. The Morgan fingerprint density at radius 3 is 2.64 bits per heavy atom. The standard InChI is InChI=1S/C8H4Cl3NOS/c9-3-1-5-6(2-4(3)10)14-7(11)8(13)12-5/h1-2,7H,(H,12,13). The van der Waals surface area contributed by atoms with E-state index in [-0.39, 0.29) is 5.91 Å². The first kappa shape index (κ1) is 10.4. The van der Waals surface area contributed by atoms with Crippen LogP contribution in [-0.2, 0) is 4.79 Å². The summed E-state index contributed by atoms with van der Waals surface area (Å²) in [6.07, 6.45) is 0. The first-order valence-corrected chi connectivity index (χ1v) is 5.76. The van der Waals surface area contributed by atoms with Crippen molar-refractivity contribution in [1.82, 2.24) is 0 Å². The number of benzene rings is 1. The van der Waals surface area contributed by atoms with Crippen molar-refractivity contribution in [2.45, 2.75) is 9.60 Å². The van der Waals surface area contributed by atoms with E-state index in [1.807, 2.05) is 0 Å². The minimum atomic E-state index is -0.611. The first-order valence-electron chi connectivity index (χ1n) is 3.68. The molecule has 0 saturated heterocycles. The molecule has 0 radical (unpaired) electrons. The Labute approximate surface area is 99.9 Å². The van der Waals surface area contributed by atoms with E-state index >= 15 is 0 Å². The lowest BCUT2D eigenvalue weighted by Crippen LogP contribution is -2.24. The number of rotatable bonds is 0. The van der Waals surface area contributed by atoms with E-state index in [4.69, 9.17) is 34.8 Å². The third-order valence-electron chi connectivity index (χ3n) is 1.72. The van der Waals surface area contributed by atoms with Gasteiger partial charge in [0, 0.05) is 4.90 Å². The number of thioether (sulfide) groups is 1. The third kappa shape index (κ3) is 1.82. The summed E-state index contributed by atoms with van der Waals surface area (Å²) in [5.74, 6) is -0.234. The van der Waals surface area contributed by atoms with Crippen LogP contribution >= 0.6 is 46.6 Å². The van der Waals surface area contributed by atoms with Gasteiger partial charge in [0.15, 0.2) is 4.71 Å². The largest absolute Gasteiger partial charge is 0.323 e. The van der Waals surface area contributed by atoms with Gasteiger partial charge in [-0.3, -0.25) is 4.79 Å². The fraction of sp³-hybridized carbons (Fsp3) is 0.125. The highest BCUT2D eigenvalue weighted by Gasteiger charge is 2.25. The van der Waals surface area contributed by atoms with Gasteiger partial charge >= 0.3 is 0 Å². The molecule has 0 aliphatic carbocycles. The first-order chi connectivity index (χ1) is 6.58. The predicted molar refractivity (Wildman–Crippen MR) is 60.6 cm³/mol. The second kappa shape index (κ2) is 3.81. The van der Waals surface area contributed by atoms with Crippen LogP contribution in [0.25, 0.3) is 0 Å². The zero-order chi connectivity index (χ0) is 10.3. The van der Waals surface area contributed by atoms with Crippen LogP contribution < -0.4 is 5.32 Å². The van der Waals surface area contributed by atoms with Crippen molar-refractivity contribution in [3.05, 3.63) is 22.2 Å². The molecular weight excluding hydrogens is 265 g/mol. The number of anilines is 1. The Kier molecular flexibility index (Phi) is 2.84. The molecule has 1 aromatic carbocycles. The molecule has 2 rings (SSSR count). The van der Waals surface area contributed by atoms with E-state index in [1.54, 1.807) is 12.1 Å². The van der Waals surface area contributed by atoms with Crippen molar-refractivity contribution in [1.29, 1.82) is 0 Å². The molecule has 0 saturated carbocycles. The number of nitrogens with one attached hydrogen (secondary N) is 1. The van der Waals surface area contributed by atoms with Crippen LogP contribution in [0.1, 0.15) is 0 Å². The Bertz CT molecular complexity index is 410. The van der Waals surface area contributed by atoms with Crippen molar-refractivity contribution >= 4 is 58.2 Å². The summed E-state index contributed by atoms with van der Waals surface area (Å²) in [5, 5.41) is 3.52. The fourth-order valence-corrected chi connectivity index (χ4v) is 2.62. The second-order valence-electron chi connectivity index (χ2n) is 2.69. The Balaban J connectivity index is 2.47. The molecule has 0 spiro atoms. The van der Waals surface area contributed by atoms with Gasteiger partial charge in [0.2, 0.25) is 0 Å². The van der Waals surface area contributed by atoms with E-state index in [9.17, 15) is 4.79 Å². The van der Waals surface area contributed by atoms with Crippen LogP contribution in [0.2, 0.25) is 10.0 Å². The molecule has 1 unspecified atom stereocenters. The summed E-state index contributed by atoms with van der Waals surface area (Å²) in [5.41, 5.74) is 0.659. The fourth-order valence-electron chi connectivity index (χ4n) is 1.08. The minimum Gasteiger partial charge on any atom is -0.323 e. The topological polar surface area (TPSA) is 29.1 Å². The molecule has 1 N–H and O–H groups in total. The van der Waals surface area contributed by atoms with E-state index in [0.29, 0.717) is 15.7 Å². The summed E-state index contributed by atoms with van der Waals surface area (Å²) in [6, 6.07) is 3.31. The van der Waals surface area contributed by atoms with Crippen LogP contribution in [-0.4, -0.2) is 10.6 Å². The molecule has 1 amide bonds. The van der Waals surface area contributed by atoms with E-state index in [1.165, 1.54) is 11.8 Å². The van der Waals surface area contributed by atoms with Gasteiger partial charge in [0.1, 0.15) is 0 Å². The molecule has 74 valence electrons. The van der Waals surface area contributed by atoms with Crippen molar-refractivity contribution in [2.24, 2.45) is 0 Å².